The van der Waals surface area contributed by atoms with Gasteiger partial charge in [-0.25, -0.2) is 0 Å². The number of hydrogen-bond donors (Lipinski definition) is 1. The predicted octanol–water partition coefficient (Wildman–Crippen LogP) is 4.91. The highest BCUT2D eigenvalue weighted by Gasteiger charge is 2.78. The van der Waals surface area contributed by atoms with Crippen LogP contribution in [0.4, 0.5) is 5.69 Å². The summed E-state index contributed by atoms with van der Waals surface area (Å²) in [6, 6.07) is 8.28. The summed E-state index contributed by atoms with van der Waals surface area (Å²) < 4.78 is -1.21. The van der Waals surface area contributed by atoms with Gasteiger partial charge in [0.1, 0.15) is 6.04 Å². The first-order chi connectivity index (χ1) is 19.6. The summed E-state index contributed by atoms with van der Waals surface area (Å²) in [6.45, 7) is 17.1. The molecule has 1 N–H and O–H groups in total. The molecule has 7 nitrogen and oxygen atoms in total. The third-order valence-electron chi connectivity index (χ3n) is 9.65. The second kappa shape index (κ2) is 12.7. The van der Waals surface area contributed by atoms with Gasteiger partial charge in [0, 0.05) is 30.1 Å². The van der Waals surface area contributed by atoms with Crippen molar-refractivity contribution in [3.8, 4) is 0 Å². The van der Waals surface area contributed by atoms with Gasteiger partial charge in [-0.1, -0.05) is 64.0 Å². The molecule has 7 atom stereocenters. The smallest absolute Gasteiger partial charge is 0.247 e. The third-order valence-corrected chi connectivity index (χ3v) is 11.6. The lowest BCUT2D eigenvalue weighted by molar-refractivity contribution is -0.147. The number of carbonyl (C=O) groups is 3. The zero-order chi connectivity index (χ0) is 29.9. The van der Waals surface area contributed by atoms with Crippen LogP contribution in [0.2, 0.25) is 0 Å². The number of thioether (sulfide) groups is 1. The molecule has 3 amide bonds. The van der Waals surface area contributed by atoms with Gasteiger partial charge in [-0.3, -0.25) is 14.4 Å². The van der Waals surface area contributed by atoms with Gasteiger partial charge < -0.3 is 19.8 Å². The predicted molar refractivity (Wildman–Crippen MR) is 167 cm³/mol. The van der Waals surface area contributed by atoms with E-state index in [4.69, 9.17) is 0 Å². The molecular weight excluding hydrogens is 534 g/mol. The number of para-hydroxylation sites is 1. The number of fused-ring (bicyclic) bond motifs is 1. The van der Waals surface area contributed by atoms with Crippen molar-refractivity contribution in [2.45, 2.75) is 81.4 Å². The molecule has 0 saturated carbocycles. The van der Waals surface area contributed by atoms with Crippen molar-refractivity contribution >= 4 is 35.2 Å². The summed E-state index contributed by atoms with van der Waals surface area (Å²) in [5, 5.41) is 10.6. The molecule has 3 aliphatic heterocycles. The molecule has 3 heterocycles. The average molecular weight is 582 g/mol. The molecule has 2 bridgehead atoms. The fraction of sp³-hybridized carbons (Fsp3) is 0.606. The SMILES string of the molecule is C=CCN(CCCC)C(=O)C1N([C@@H](CO)[C@@H](C)CC)C(=O)[C@@H]2[C@@H](C(=O)N(CC=C)c3ccccc3)[C@@]3(C)CCC12S3. The molecule has 1 aromatic carbocycles. The van der Waals surface area contributed by atoms with E-state index in [0.29, 0.717) is 26.1 Å². The van der Waals surface area contributed by atoms with Gasteiger partial charge in [0.25, 0.3) is 0 Å². The van der Waals surface area contributed by atoms with Crippen LogP contribution in [0.5, 0.6) is 0 Å². The van der Waals surface area contributed by atoms with Gasteiger partial charge in [-0.15, -0.1) is 24.9 Å². The summed E-state index contributed by atoms with van der Waals surface area (Å²) in [5.41, 5.74) is 0.766. The van der Waals surface area contributed by atoms with E-state index in [0.717, 1.165) is 31.4 Å². The number of likely N-dealkylation sites (tertiary alicyclic amines) is 1. The second-order valence-corrected chi connectivity index (χ2v) is 14.0. The van der Waals surface area contributed by atoms with Crippen molar-refractivity contribution in [1.29, 1.82) is 0 Å². The monoisotopic (exact) mass is 581 g/mol. The van der Waals surface area contributed by atoms with Crippen LogP contribution in [-0.2, 0) is 14.4 Å². The van der Waals surface area contributed by atoms with Gasteiger partial charge in [0.2, 0.25) is 17.7 Å². The number of nitrogens with zero attached hydrogens (tertiary/aromatic N) is 3. The fourth-order valence-electron chi connectivity index (χ4n) is 7.39. The summed E-state index contributed by atoms with van der Waals surface area (Å²) in [4.78, 5) is 49.1. The van der Waals surface area contributed by atoms with Gasteiger partial charge in [-0.05, 0) is 44.2 Å². The first kappa shape index (κ1) is 31.4. The van der Waals surface area contributed by atoms with Crippen LogP contribution in [-0.4, -0.2) is 80.4 Å². The summed E-state index contributed by atoms with van der Waals surface area (Å²) in [5.74, 6) is -1.60. The Kier molecular flexibility index (Phi) is 9.74. The number of aliphatic hydroxyl groups is 1. The van der Waals surface area contributed by atoms with Crippen molar-refractivity contribution in [3.05, 3.63) is 55.6 Å². The van der Waals surface area contributed by atoms with Crippen molar-refractivity contribution in [1.82, 2.24) is 9.80 Å². The highest BCUT2D eigenvalue weighted by Crippen LogP contribution is 2.72. The first-order valence-corrected chi connectivity index (χ1v) is 16.0. The minimum atomic E-state index is -0.739. The van der Waals surface area contributed by atoms with E-state index in [1.165, 1.54) is 0 Å². The Morgan fingerprint density at radius 3 is 2.41 bits per heavy atom. The van der Waals surface area contributed by atoms with Crippen molar-refractivity contribution in [2.24, 2.45) is 17.8 Å². The minimum Gasteiger partial charge on any atom is -0.394 e. The number of unbranched alkanes of at least 4 members (excludes halogenated alkanes) is 1. The van der Waals surface area contributed by atoms with Crippen LogP contribution in [0.3, 0.4) is 0 Å². The molecule has 2 unspecified atom stereocenters. The van der Waals surface area contributed by atoms with E-state index in [2.05, 4.69) is 27.0 Å². The lowest BCUT2D eigenvalue weighted by atomic mass is 9.66. The lowest BCUT2D eigenvalue weighted by Gasteiger charge is -2.41. The van der Waals surface area contributed by atoms with Crippen molar-refractivity contribution in [2.75, 3.05) is 31.1 Å². The minimum absolute atomic E-state index is 0.00788. The Morgan fingerprint density at radius 1 is 1.15 bits per heavy atom. The molecule has 4 rings (SSSR count). The number of rotatable bonds is 14. The van der Waals surface area contributed by atoms with Gasteiger partial charge >= 0.3 is 0 Å². The van der Waals surface area contributed by atoms with E-state index < -0.39 is 33.4 Å². The van der Waals surface area contributed by atoms with Gasteiger partial charge in [0.05, 0.1) is 29.2 Å². The van der Waals surface area contributed by atoms with E-state index in [-0.39, 0.29) is 30.2 Å². The highest BCUT2D eigenvalue weighted by atomic mass is 32.2. The zero-order valence-corrected chi connectivity index (χ0v) is 25.9. The van der Waals surface area contributed by atoms with Crippen LogP contribution in [0.15, 0.2) is 55.6 Å². The Morgan fingerprint density at radius 2 is 1.83 bits per heavy atom. The second-order valence-electron chi connectivity index (χ2n) is 12.1. The zero-order valence-electron chi connectivity index (χ0n) is 25.1. The number of carbonyl (C=O) groups excluding carboxylic acids is 3. The number of benzene rings is 1. The maximum Gasteiger partial charge on any atom is 0.247 e. The van der Waals surface area contributed by atoms with Crippen LogP contribution >= 0.6 is 11.8 Å². The highest BCUT2D eigenvalue weighted by molar-refractivity contribution is 8.02. The van der Waals surface area contributed by atoms with Crippen molar-refractivity contribution < 1.29 is 19.5 Å². The fourth-order valence-corrected chi connectivity index (χ4v) is 9.72. The van der Waals surface area contributed by atoms with E-state index >= 15 is 0 Å². The molecule has 0 aliphatic carbocycles. The molecule has 3 aliphatic rings. The maximum absolute atomic E-state index is 14.7. The Balaban J connectivity index is 1.84. The third kappa shape index (κ3) is 5.27. The largest absolute Gasteiger partial charge is 0.394 e. The molecule has 3 saturated heterocycles. The van der Waals surface area contributed by atoms with Gasteiger partial charge in [-0.2, -0.15) is 0 Å². The molecule has 41 heavy (non-hydrogen) atoms. The summed E-state index contributed by atoms with van der Waals surface area (Å²) in [7, 11) is 0. The Hall–Kier alpha value is -2.58. The van der Waals surface area contributed by atoms with Crippen LogP contribution in [0, 0.1) is 17.8 Å². The van der Waals surface area contributed by atoms with E-state index in [9.17, 15) is 19.5 Å². The number of hydrogen-bond acceptors (Lipinski definition) is 5. The van der Waals surface area contributed by atoms with Crippen LogP contribution < -0.4 is 4.90 Å². The topological polar surface area (TPSA) is 81.2 Å². The molecule has 1 spiro atoms. The van der Waals surface area contributed by atoms with Crippen molar-refractivity contribution in [3.63, 3.8) is 0 Å². The summed E-state index contributed by atoms with van der Waals surface area (Å²) >= 11 is 1.68. The molecule has 0 radical (unpaired) electrons. The van der Waals surface area contributed by atoms with E-state index in [1.54, 1.807) is 33.7 Å². The van der Waals surface area contributed by atoms with E-state index in [1.807, 2.05) is 49.1 Å². The molecule has 1 aromatic rings. The molecule has 8 heteroatoms. The Bertz CT molecular complexity index is 1140. The quantitative estimate of drug-likeness (QED) is 0.316. The maximum atomic E-state index is 14.7. The molecule has 224 valence electrons. The summed E-state index contributed by atoms with van der Waals surface area (Å²) in [6.07, 6.45) is 7.43. The average Bonchev–Trinajstić information content (AvgIpc) is 3.54. The Labute approximate surface area is 250 Å². The first-order valence-electron chi connectivity index (χ1n) is 15.2. The lowest BCUT2D eigenvalue weighted by Crippen LogP contribution is -2.58. The number of amides is 3. The molecule has 0 aromatic heterocycles. The number of anilines is 1. The van der Waals surface area contributed by atoms with Crippen LogP contribution in [0.25, 0.3) is 0 Å². The van der Waals surface area contributed by atoms with Gasteiger partial charge in [0.15, 0.2) is 0 Å². The molecule has 3 fully saturated rings. The number of aliphatic hydroxyl groups excluding tert-OH is 1. The standard InChI is InChI=1S/C33H47N3O4S/c1-7-11-21-34(19-8-2)31(40)28-33-18-17-32(6,41-33)26(27(33)30(39)36(28)25(22-37)23(5)10-4)29(38)35(20-9-3)24-15-13-12-14-16-24/h8-9,12-16,23,25-28,37H,2-3,7,10-11,17-22H2,1,4-6H3/t23-,25-,26-,27-,28?,32+,33?/m0/s1. The van der Waals surface area contributed by atoms with Crippen LogP contribution in [0.1, 0.15) is 59.8 Å². The normalized spacial score (nSPS) is 29.6. The molecular formula is C33H47N3O4S.